The first-order valence-electron chi connectivity index (χ1n) is 10.1. The van der Waals surface area contributed by atoms with Crippen molar-refractivity contribution in [2.45, 2.75) is 31.8 Å². The number of halogens is 1. The molecule has 2 heterocycles. The molecule has 1 aliphatic heterocycles. The van der Waals surface area contributed by atoms with Crippen LogP contribution >= 0.6 is 0 Å². The molecule has 28 heavy (non-hydrogen) atoms. The standard InChI is InChI=1S/C22H27FN4O/c23-19-6-4-18(5-7-19)17-27(20-8-9-20)12-10-22(28)26-15-13-25(14-16-26)21-3-1-2-11-24-21/h1-7,11,20H,8-10,12-17H2. The Labute approximate surface area is 165 Å². The number of rotatable bonds is 7. The van der Waals surface area contributed by atoms with Gasteiger partial charge in [-0.1, -0.05) is 18.2 Å². The monoisotopic (exact) mass is 382 g/mol. The number of nitrogens with zero attached hydrogens (tertiary/aromatic N) is 4. The first-order chi connectivity index (χ1) is 13.7. The Kier molecular flexibility index (Phi) is 5.86. The molecule has 1 aromatic carbocycles. The van der Waals surface area contributed by atoms with Crippen molar-refractivity contribution in [1.29, 1.82) is 0 Å². The second-order valence-electron chi connectivity index (χ2n) is 7.63. The van der Waals surface area contributed by atoms with Gasteiger partial charge in [0.1, 0.15) is 11.6 Å². The lowest BCUT2D eigenvalue weighted by Crippen LogP contribution is -2.49. The van der Waals surface area contributed by atoms with Crippen LogP contribution in [0.2, 0.25) is 0 Å². The number of anilines is 1. The lowest BCUT2D eigenvalue weighted by Gasteiger charge is -2.35. The van der Waals surface area contributed by atoms with Gasteiger partial charge in [-0.2, -0.15) is 0 Å². The van der Waals surface area contributed by atoms with Crippen LogP contribution in [-0.2, 0) is 11.3 Å². The number of amides is 1. The number of carbonyl (C=O) groups is 1. The highest BCUT2D eigenvalue weighted by atomic mass is 19.1. The van der Waals surface area contributed by atoms with Gasteiger partial charge >= 0.3 is 0 Å². The number of piperazine rings is 1. The number of aromatic nitrogens is 1. The highest BCUT2D eigenvalue weighted by Crippen LogP contribution is 2.28. The van der Waals surface area contributed by atoms with Gasteiger partial charge in [-0.15, -0.1) is 0 Å². The molecule has 2 aliphatic rings. The molecule has 0 unspecified atom stereocenters. The smallest absolute Gasteiger partial charge is 0.223 e. The summed E-state index contributed by atoms with van der Waals surface area (Å²) in [5, 5.41) is 0. The molecule has 1 saturated heterocycles. The fourth-order valence-corrected chi connectivity index (χ4v) is 3.78. The minimum absolute atomic E-state index is 0.207. The summed E-state index contributed by atoms with van der Waals surface area (Å²) < 4.78 is 13.1. The van der Waals surface area contributed by atoms with Crippen molar-refractivity contribution in [1.82, 2.24) is 14.8 Å². The van der Waals surface area contributed by atoms with E-state index in [0.29, 0.717) is 12.5 Å². The number of benzene rings is 1. The summed E-state index contributed by atoms with van der Waals surface area (Å²) in [6, 6.07) is 13.2. The molecule has 1 amide bonds. The van der Waals surface area contributed by atoms with E-state index in [2.05, 4.69) is 14.8 Å². The van der Waals surface area contributed by atoms with Crippen LogP contribution in [0.1, 0.15) is 24.8 Å². The van der Waals surface area contributed by atoms with Gasteiger partial charge in [-0.3, -0.25) is 9.69 Å². The summed E-state index contributed by atoms with van der Waals surface area (Å²) in [5.41, 5.74) is 1.10. The maximum absolute atomic E-state index is 13.1. The van der Waals surface area contributed by atoms with E-state index in [-0.39, 0.29) is 11.7 Å². The number of carbonyl (C=O) groups excluding carboxylic acids is 1. The molecule has 0 bridgehead atoms. The van der Waals surface area contributed by atoms with E-state index in [1.54, 1.807) is 6.20 Å². The Morgan fingerprint density at radius 2 is 1.82 bits per heavy atom. The fraction of sp³-hybridized carbons (Fsp3) is 0.455. The van der Waals surface area contributed by atoms with E-state index in [0.717, 1.165) is 50.6 Å². The van der Waals surface area contributed by atoms with Gasteiger partial charge in [0.25, 0.3) is 0 Å². The Morgan fingerprint density at radius 3 is 2.46 bits per heavy atom. The molecule has 148 valence electrons. The molecule has 2 fully saturated rings. The predicted molar refractivity (Wildman–Crippen MR) is 107 cm³/mol. The van der Waals surface area contributed by atoms with Crippen LogP contribution < -0.4 is 4.90 Å². The molecule has 0 atom stereocenters. The van der Waals surface area contributed by atoms with Gasteiger partial charge in [0.15, 0.2) is 0 Å². The van der Waals surface area contributed by atoms with Gasteiger partial charge in [0, 0.05) is 57.9 Å². The van der Waals surface area contributed by atoms with Crippen molar-refractivity contribution >= 4 is 11.7 Å². The third-order valence-corrected chi connectivity index (χ3v) is 5.58. The van der Waals surface area contributed by atoms with Gasteiger partial charge in [-0.25, -0.2) is 9.37 Å². The van der Waals surface area contributed by atoms with Crippen LogP contribution in [0.5, 0.6) is 0 Å². The van der Waals surface area contributed by atoms with E-state index >= 15 is 0 Å². The second-order valence-corrected chi connectivity index (χ2v) is 7.63. The van der Waals surface area contributed by atoms with Crippen LogP contribution in [0.15, 0.2) is 48.7 Å². The maximum Gasteiger partial charge on any atom is 0.223 e. The van der Waals surface area contributed by atoms with E-state index in [4.69, 9.17) is 0 Å². The second kappa shape index (κ2) is 8.69. The first kappa shape index (κ1) is 18.9. The minimum Gasteiger partial charge on any atom is -0.353 e. The molecular formula is C22H27FN4O. The Bertz CT molecular complexity index is 771. The minimum atomic E-state index is -0.207. The molecule has 6 heteroatoms. The molecule has 2 aromatic rings. The molecule has 5 nitrogen and oxygen atoms in total. The van der Waals surface area contributed by atoms with E-state index in [1.807, 2.05) is 35.2 Å². The largest absolute Gasteiger partial charge is 0.353 e. The van der Waals surface area contributed by atoms with Crippen molar-refractivity contribution in [2.24, 2.45) is 0 Å². The van der Waals surface area contributed by atoms with Gasteiger partial charge in [0.2, 0.25) is 5.91 Å². The van der Waals surface area contributed by atoms with Crippen LogP contribution in [0.3, 0.4) is 0 Å². The Balaban J connectivity index is 1.25. The van der Waals surface area contributed by atoms with Gasteiger partial charge in [0.05, 0.1) is 0 Å². The van der Waals surface area contributed by atoms with Crippen LogP contribution in [-0.4, -0.2) is 59.5 Å². The van der Waals surface area contributed by atoms with Crippen molar-refractivity contribution < 1.29 is 9.18 Å². The molecular weight excluding hydrogens is 355 g/mol. The highest BCUT2D eigenvalue weighted by molar-refractivity contribution is 5.76. The van der Waals surface area contributed by atoms with Crippen molar-refractivity contribution in [3.05, 3.63) is 60.0 Å². The van der Waals surface area contributed by atoms with Crippen molar-refractivity contribution in [3.63, 3.8) is 0 Å². The molecule has 1 saturated carbocycles. The van der Waals surface area contributed by atoms with Gasteiger partial charge < -0.3 is 9.80 Å². The average molecular weight is 382 g/mol. The summed E-state index contributed by atoms with van der Waals surface area (Å²) in [5.74, 6) is 1.00. The number of pyridine rings is 1. The summed E-state index contributed by atoms with van der Waals surface area (Å²) in [6.45, 7) is 4.69. The molecule has 0 N–H and O–H groups in total. The molecule has 4 rings (SSSR count). The highest BCUT2D eigenvalue weighted by Gasteiger charge is 2.30. The zero-order chi connectivity index (χ0) is 19.3. The Hall–Kier alpha value is -2.47. The van der Waals surface area contributed by atoms with Crippen molar-refractivity contribution in [3.8, 4) is 0 Å². The van der Waals surface area contributed by atoms with E-state index in [1.165, 1.54) is 25.0 Å². The third-order valence-electron chi connectivity index (χ3n) is 5.58. The van der Waals surface area contributed by atoms with Gasteiger partial charge in [-0.05, 0) is 42.7 Å². The van der Waals surface area contributed by atoms with E-state index in [9.17, 15) is 9.18 Å². The summed E-state index contributed by atoms with van der Waals surface area (Å²) in [7, 11) is 0. The quantitative estimate of drug-likeness (QED) is 0.738. The zero-order valence-corrected chi connectivity index (χ0v) is 16.1. The van der Waals surface area contributed by atoms with Crippen LogP contribution in [0.25, 0.3) is 0 Å². The SMILES string of the molecule is O=C(CCN(Cc1ccc(F)cc1)C1CC1)N1CCN(c2ccccn2)CC1. The number of hydrogen-bond donors (Lipinski definition) is 0. The maximum atomic E-state index is 13.1. The molecule has 1 aromatic heterocycles. The molecule has 0 spiro atoms. The van der Waals surface area contributed by atoms with E-state index < -0.39 is 0 Å². The first-order valence-corrected chi connectivity index (χ1v) is 10.1. The van der Waals surface area contributed by atoms with Crippen LogP contribution in [0.4, 0.5) is 10.2 Å². The molecule has 1 aliphatic carbocycles. The summed E-state index contributed by atoms with van der Waals surface area (Å²) in [6.07, 6.45) is 4.73. The lowest BCUT2D eigenvalue weighted by atomic mass is 10.2. The normalized spacial score (nSPS) is 17.2. The predicted octanol–water partition coefficient (Wildman–Crippen LogP) is 2.92. The fourth-order valence-electron chi connectivity index (χ4n) is 3.78. The zero-order valence-electron chi connectivity index (χ0n) is 16.1. The summed E-state index contributed by atoms with van der Waals surface area (Å²) in [4.78, 5) is 23.7. The molecule has 0 radical (unpaired) electrons. The third kappa shape index (κ3) is 4.87. The Morgan fingerprint density at radius 1 is 1.07 bits per heavy atom. The van der Waals surface area contributed by atoms with Crippen LogP contribution in [0, 0.1) is 5.82 Å². The lowest BCUT2D eigenvalue weighted by molar-refractivity contribution is -0.131. The number of hydrogen-bond acceptors (Lipinski definition) is 4. The summed E-state index contributed by atoms with van der Waals surface area (Å²) >= 11 is 0. The van der Waals surface area contributed by atoms with Crippen molar-refractivity contribution in [2.75, 3.05) is 37.6 Å². The topological polar surface area (TPSA) is 39.7 Å². The average Bonchev–Trinajstić information content (AvgIpc) is 3.58.